The number of hydrogen-bond acceptors (Lipinski definition) is 7. The van der Waals surface area contributed by atoms with Gasteiger partial charge in [-0.1, -0.05) is 63.7 Å². The Morgan fingerprint density at radius 2 is 1.89 bits per heavy atom. The van der Waals surface area contributed by atoms with Crippen molar-refractivity contribution in [1.29, 1.82) is 0 Å². The summed E-state index contributed by atoms with van der Waals surface area (Å²) in [6.07, 6.45) is 19.4. The van der Waals surface area contributed by atoms with Gasteiger partial charge in [-0.3, -0.25) is 4.79 Å². The largest absolute Gasteiger partial charge is 0.481 e. The summed E-state index contributed by atoms with van der Waals surface area (Å²) in [7, 11) is 0. The second-order valence-corrected chi connectivity index (χ2v) is 14.3. The fourth-order valence-electron chi connectivity index (χ4n) is 8.16. The molecule has 9 N–H and O–H groups in total. The SMILES string of the molecule is CCCCC[C@@H]1C=C[C@@H](CCCCC[C@H](C(=O)O)[C@H](O)CC[C@]2(O)C[C@H](CC3=CCNC(N)=C3)C[C@H]2[C@H](O)c2ccc[nH]2)[C@H](O)C1. The number of hydrogen-bond donors (Lipinski definition) is 8. The van der Waals surface area contributed by atoms with Crippen LogP contribution in [-0.4, -0.2) is 60.8 Å². The van der Waals surface area contributed by atoms with Gasteiger partial charge in [0, 0.05) is 30.3 Å². The molecular weight excluding hydrogens is 582 g/mol. The Hall–Kier alpha value is -2.59. The lowest BCUT2D eigenvalue weighted by molar-refractivity contribution is -0.147. The molecule has 1 fully saturated rings. The van der Waals surface area contributed by atoms with Gasteiger partial charge in [0.15, 0.2) is 0 Å². The maximum absolute atomic E-state index is 12.2. The van der Waals surface area contributed by atoms with Gasteiger partial charge in [0.25, 0.3) is 0 Å². The number of aliphatic hydroxyl groups excluding tert-OH is 3. The normalized spacial score (nSPS) is 29.9. The standard InChI is InChI=1S/C37H59N3O6/c1-2-3-5-9-25-13-14-28(33(42)22-25)10-6-4-7-11-29(36(44)45)32(41)15-17-37(46)24-27(20-26-16-19-40-34(38)23-26)21-30(37)35(43)31-12-8-18-39-31/h8,12-14,16,18,23,25,27-30,32-33,35,39-43,46H,2-7,9-11,15,17,19-22,24,38H2,1H3,(H,44,45)/t25-,27-,28-,29+,30+,32-,33-,35+,37+/m1/s1. The Balaban J connectivity index is 1.27. The van der Waals surface area contributed by atoms with Crippen LogP contribution in [-0.2, 0) is 4.79 Å². The highest BCUT2D eigenvalue weighted by Crippen LogP contribution is 2.50. The van der Waals surface area contributed by atoms with Crippen LogP contribution in [0.3, 0.4) is 0 Å². The average molecular weight is 642 g/mol. The summed E-state index contributed by atoms with van der Waals surface area (Å²) in [5.74, 6) is -1.02. The number of aliphatic carboxylic acids is 1. The molecule has 1 saturated carbocycles. The van der Waals surface area contributed by atoms with E-state index in [0.717, 1.165) is 44.1 Å². The van der Waals surface area contributed by atoms with Gasteiger partial charge in [0.2, 0.25) is 0 Å². The zero-order valence-corrected chi connectivity index (χ0v) is 27.7. The lowest BCUT2D eigenvalue weighted by Crippen LogP contribution is -2.39. The van der Waals surface area contributed by atoms with Crippen LogP contribution in [0.15, 0.2) is 54.0 Å². The Bertz CT molecular complexity index is 1170. The van der Waals surface area contributed by atoms with Gasteiger partial charge in [-0.2, -0.15) is 0 Å². The van der Waals surface area contributed by atoms with E-state index in [2.05, 4.69) is 35.5 Å². The lowest BCUT2D eigenvalue weighted by atomic mass is 9.79. The first-order valence-electron chi connectivity index (χ1n) is 17.8. The molecule has 3 aliphatic rings. The summed E-state index contributed by atoms with van der Waals surface area (Å²) in [6, 6.07) is 3.63. The lowest BCUT2D eigenvalue weighted by Gasteiger charge is -2.34. The number of carboxylic acids is 1. The fraction of sp³-hybridized carbons (Fsp3) is 0.703. The summed E-state index contributed by atoms with van der Waals surface area (Å²) < 4.78 is 0. The van der Waals surface area contributed by atoms with Crippen LogP contribution < -0.4 is 11.1 Å². The smallest absolute Gasteiger partial charge is 0.309 e. The van der Waals surface area contributed by atoms with Crippen molar-refractivity contribution in [2.45, 2.75) is 127 Å². The molecule has 0 amide bonds. The molecule has 1 aromatic heterocycles. The molecule has 0 radical (unpaired) electrons. The van der Waals surface area contributed by atoms with Gasteiger partial charge < -0.3 is 41.6 Å². The van der Waals surface area contributed by atoms with Gasteiger partial charge in [0.1, 0.15) is 0 Å². The third-order valence-corrected chi connectivity index (χ3v) is 10.8. The molecule has 1 aromatic rings. The number of nitrogens with two attached hydrogens (primary N) is 1. The van der Waals surface area contributed by atoms with Crippen LogP contribution in [0.2, 0.25) is 0 Å². The van der Waals surface area contributed by atoms with Gasteiger partial charge in [-0.25, -0.2) is 0 Å². The van der Waals surface area contributed by atoms with E-state index in [4.69, 9.17) is 5.73 Å². The quantitative estimate of drug-likeness (QED) is 0.0728. The summed E-state index contributed by atoms with van der Waals surface area (Å²) in [6.45, 7) is 2.86. The van der Waals surface area contributed by atoms with Crippen LogP contribution >= 0.6 is 0 Å². The summed E-state index contributed by atoms with van der Waals surface area (Å²) >= 11 is 0. The Morgan fingerprint density at radius 3 is 2.59 bits per heavy atom. The van der Waals surface area contributed by atoms with E-state index in [1.807, 2.05) is 18.2 Å². The number of dihydropyridines is 1. The molecule has 1 aliphatic heterocycles. The number of aromatic amines is 1. The van der Waals surface area contributed by atoms with E-state index in [0.29, 0.717) is 49.7 Å². The van der Waals surface area contributed by atoms with E-state index in [-0.39, 0.29) is 30.8 Å². The highest BCUT2D eigenvalue weighted by atomic mass is 16.4. The Morgan fingerprint density at radius 1 is 1.09 bits per heavy atom. The molecule has 0 unspecified atom stereocenters. The number of aromatic nitrogens is 1. The van der Waals surface area contributed by atoms with E-state index in [1.54, 1.807) is 6.20 Å². The third kappa shape index (κ3) is 10.2. The van der Waals surface area contributed by atoms with Crippen LogP contribution in [0.4, 0.5) is 0 Å². The van der Waals surface area contributed by atoms with Gasteiger partial charge in [0.05, 0.1) is 35.7 Å². The van der Waals surface area contributed by atoms with E-state index in [1.165, 1.54) is 19.3 Å². The number of carboxylic acid groups (broad SMARTS) is 1. The highest BCUT2D eigenvalue weighted by molar-refractivity contribution is 5.70. The second kappa shape index (κ2) is 17.5. The number of rotatable bonds is 19. The zero-order valence-electron chi connectivity index (χ0n) is 27.7. The molecule has 9 nitrogen and oxygen atoms in total. The first kappa shape index (κ1) is 36.2. The predicted octanol–water partition coefficient (Wildman–Crippen LogP) is 5.45. The minimum Gasteiger partial charge on any atom is -0.481 e. The van der Waals surface area contributed by atoms with E-state index in [9.17, 15) is 30.3 Å². The van der Waals surface area contributed by atoms with Crippen LogP contribution in [0, 0.1) is 29.6 Å². The average Bonchev–Trinajstić information content (AvgIpc) is 3.67. The van der Waals surface area contributed by atoms with Crippen molar-refractivity contribution in [3.05, 3.63) is 59.7 Å². The summed E-state index contributed by atoms with van der Waals surface area (Å²) in [5.41, 5.74) is 6.46. The number of nitrogens with one attached hydrogen (secondary N) is 2. The highest BCUT2D eigenvalue weighted by Gasteiger charge is 2.49. The number of carbonyl (C=O) groups is 1. The minimum atomic E-state index is -1.24. The van der Waals surface area contributed by atoms with Crippen molar-refractivity contribution in [1.82, 2.24) is 10.3 Å². The molecule has 2 aliphatic carbocycles. The molecule has 9 heteroatoms. The minimum absolute atomic E-state index is 0.116. The molecule has 258 valence electrons. The Labute approximate surface area is 275 Å². The van der Waals surface area contributed by atoms with Crippen molar-refractivity contribution in [2.24, 2.45) is 35.3 Å². The topological polar surface area (TPSA) is 172 Å². The first-order chi connectivity index (χ1) is 22.1. The maximum Gasteiger partial charge on any atom is 0.309 e. The third-order valence-electron chi connectivity index (χ3n) is 10.8. The maximum atomic E-state index is 12.2. The molecular formula is C37H59N3O6. The van der Waals surface area contributed by atoms with Crippen molar-refractivity contribution >= 4 is 5.97 Å². The molecule has 4 rings (SSSR count). The number of unbranched alkanes of at least 4 members (excludes halogenated alkanes) is 4. The van der Waals surface area contributed by atoms with Crippen molar-refractivity contribution in [3.8, 4) is 0 Å². The second-order valence-electron chi connectivity index (χ2n) is 14.3. The van der Waals surface area contributed by atoms with Crippen molar-refractivity contribution in [2.75, 3.05) is 6.54 Å². The van der Waals surface area contributed by atoms with Crippen molar-refractivity contribution < 1.29 is 30.3 Å². The molecule has 2 heterocycles. The number of H-pyrrole nitrogens is 1. The fourth-order valence-corrected chi connectivity index (χ4v) is 8.16. The predicted molar refractivity (Wildman–Crippen MR) is 180 cm³/mol. The van der Waals surface area contributed by atoms with E-state index < -0.39 is 35.6 Å². The first-order valence-corrected chi connectivity index (χ1v) is 17.8. The Kier molecular flexibility index (Phi) is 13.8. The van der Waals surface area contributed by atoms with Gasteiger partial charge in [-0.05, 0) is 93.4 Å². The van der Waals surface area contributed by atoms with E-state index >= 15 is 0 Å². The summed E-state index contributed by atoms with van der Waals surface area (Å²) in [5, 5.41) is 58.0. The molecule has 9 atom stereocenters. The van der Waals surface area contributed by atoms with Crippen LogP contribution in [0.25, 0.3) is 0 Å². The molecule has 46 heavy (non-hydrogen) atoms. The molecule has 0 bridgehead atoms. The zero-order chi connectivity index (χ0) is 33.1. The number of aliphatic hydroxyl groups is 4. The molecule has 0 spiro atoms. The molecule has 0 saturated heterocycles. The van der Waals surface area contributed by atoms with Gasteiger partial charge >= 0.3 is 5.97 Å². The monoisotopic (exact) mass is 641 g/mol. The van der Waals surface area contributed by atoms with Crippen molar-refractivity contribution in [3.63, 3.8) is 0 Å². The molecule has 0 aromatic carbocycles. The van der Waals surface area contributed by atoms with Crippen LogP contribution in [0.1, 0.15) is 115 Å². The summed E-state index contributed by atoms with van der Waals surface area (Å²) in [4.78, 5) is 15.3. The number of allylic oxidation sites excluding steroid dienone is 3. The van der Waals surface area contributed by atoms with Crippen LogP contribution in [0.5, 0.6) is 0 Å². The van der Waals surface area contributed by atoms with Gasteiger partial charge in [-0.15, -0.1) is 0 Å².